The predicted octanol–water partition coefficient (Wildman–Crippen LogP) is 1.61. The summed E-state index contributed by atoms with van der Waals surface area (Å²) in [4.78, 5) is 12.1. The van der Waals surface area contributed by atoms with Crippen molar-refractivity contribution in [1.29, 1.82) is 0 Å². The lowest BCUT2D eigenvalue weighted by atomic mass is 9.85. The predicted molar refractivity (Wildman–Crippen MR) is 69.2 cm³/mol. The highest BCUT2D eigenvalue weighted by Gasteiger charge is 2.33. The van der Waals surface area contributed by atoms with E-state index in [0.29, 0.717) is 25.6 Å². The Labute approximate surface area is 109 Å². The number of hydrogen-bond donors (Lipinski definition) is 2. The van der Waals surface area contributed by atoms with E-state index in [0.717, 1.165) is 12.8 Å². The summed E-state index contributed by atoms with van der Waals surface area (Å²) < 4.78 is 5.30. The monoisotopic (exact) mass is 255 g/mol. The van der Waals surface area contributed by atoms with E-state index in [9.17, 15) is 9.90 Å². The second kappa shape index (κ2) is 6.53. The van der Waals surface area contributed by atoms with Gasteiger partial charge in [-0.25, -0.2) is 0 Å². The topological polar surface area (TPSA) is 58.6 Å². The average Bonchev–Trinajstić information content (AvgIpc) is 2.41. The molecule has 4 heteroatoms. The summed E-state index contributed by atoms with van der Waals surface area (Å²) in [6.45, 7) is 1.28. The van der Waals surface area contributed by atoms with Gasteiger partial charge < -0.3 is 15.2 Å². The van der Waals surface area contributed by atoms with Crippen molar-refractivity contribution in [1.82, 2.24) is 5.32 Å². The summed E-state index contributed by atoms with van der Waals surface area (Å²) >= 11 is 0. The third-order valence-corrected chi connectivity index (χ3v) is 4.36. The molecule has 1 saturated heterocycles. The molecule has 0 unspecified atom stereocenters. The molecule has 1 aliphatic heterocycles. The van der Waals surface area contributed by atoms with Crippen molar-refractivity contribution in [3.8, 4) is 0 Å². The first kappa shape index (κ1) is 13.8. The van der Waals surface area contributed by atoms with E-state index in [1.54, 1.807) is 0 Å². The maximum absolute atomic E-state index is 12.1. The Morgan fingerprint density at radius 3 is 2.50 bits per heavy atom. The molecule has 0 atom stereocenters. The molecule has 2 N–H and O–H groups in total. The molecule has 2 rings (SSSR count). The van der Waals surface area contributed by atoms with Gasteiger partial charge in [0.2, 0.25) is 5.91 Å². The zero-order chi connectivity index (χ0) is 12.8. The minimum absolute atomic E-state index is 0.0206. The largest absolute Gasteiger partial charge is 0.394 e. The number of ether oxygens (including phenoxy) is 1. The molecule has 0 aromatic carbocycles. The molecule has 4 nitrogen and oxygen atoms in total. The van der Waals surface area contributed by atoms with Crippen LogP contribution in [0.15, 0.2) is 0 Å². The van der Waals surface area contributed by atoms with Crippen LogP contribution in [0.1, 0.15) is 51.4 Å². The summed E-state index contributed by atoms with van der Waals surface area (Å²) in [5.74, 6) is 0.659. The van der Waals surface area contributed by atoms with Crippen molar-refractivity contribution >= 4 is 5.91 Å². The van der Waals surface area contributed by atoms with Crippen LogP contribution in [-0.2, 0) is 9.53 Å². The fourth-order valence-corrected chi connectivity index (χ4v) is 3.09. The molecule has 1 amide bonds. The summed E-state index contributed by atoms with van der Waals surface area (Å²) in [5, 5.41) is 12.6. The van der Waals surface area contributed by atoms with Crippen LogP contribution in [0.25, 0.3) is 0 Å². The number of aliphatic hydroxyl groups is 1. The van der Waals surface area contributed by atoms with E-state index >= 15 is 0 Å². The molecule has 1 aliphatic carbocycles. The second-order valence-corrected chi connectivity index (χ2v) is 5.81. The third kappa shape index (κ3) is 3.69. The number of aliphatic hydroxyl groups excluding tert-OH is 1. The quantitative estimate of drug-likeness (QED) is 0.802. The van der Waals surface area contributed by atoms with Crippen LogP contribution in [-0.4, -0.2) is 36.4 Å². The first-order chi connectivity index (χ1) is 8.74. The molecule has 18 heavy (non-hydrogen) atoms. The lowest BCUT2D eigenvalue weighted by Crippen LogP contribution is -2.54. The van der Waals surface area contributed by atoms with Gasteiger partial charge in [-0.3, -0.25) is 4.79 Å². The summed E-state index contributed by atoms with van der Waals surface area (Å²) in [7, 11) is 0. The van der Waals surface area contributed by atoms with Gasteiger partial charge in [0.05, 0.1) is 12.1 Å². The van der Waals surface area contributed by atoms with E-state index in [2.05, 4.69) is 5.32 Å². The van der Waals surface area contributed by atoms with Crippen molar-refractivity contribution in [3.05, 3.63) is 0 Å². The number of amides is 1. The molecule has 2 aliphatic rings. The molecule has 0 radical (unpaired) electrons. The van der Waals surface area contributed by atoms with Crippen LogP contribution >= 0.6 is 0 Å². The van der Waals surface area contributed by atoms with Crippen LogP contribution in [0.2, 0.25) is 0 Å². The first-order valence-corrected chi connectivity index (χ1v) is 7.24. The number of rotatable bonds is 4. The highest BCUT2D eigenvalue weighted by molar-refractivity contribution is 5.77. The third-order valence-electron chi connectivity index (χ3n) is 4.36. The Morgan fingerprint density at radius 2 is 1.89 bits per heavy atom. The summed E-state index contributed by atoms with van der Waals surface area (Å²) in [6, 6.07) is 0. The van der Waals surface area contributed by atoms with Gasteiger partial charge in [-0.05, 0) is 31.6 Å². The molecular weight excluding hydrogens is 230 g/mol. The van der Waals surface area contributed by atoms with Crippen molar-refractivity contribution in [3.63, 3.8) is 0 Å². The van der Waals surface area contributed by atoms with E-state index in [1.807, 2.05) is 0 Å². The Balaban J connectivity index is 1.81. The van der Waals surface area contributed by atoms with Gasteiger partial charge >= 0.3 is 0 Å². The zero-order valence-corrected chi connectivity index (χ0v) is 11.1. The Kier molecular flexibility index (Phi) is 5.01. The highest BCUT2D eigenvalue weighted by atomic mass is 16.5. The number of carbonyl (C=O) groups excluding carboxylic acids is 1. The van der Waals surface area contributed by atoms with E-state index in [1.165, 1.54) is 32.1 Å². The Morgan fingerprint density at radius 1 is 1.22 bits per heavy atom. The lowest BCUT2D eigenvalue weighted by Gasteiger charge is -2.36. The van der Waals surface area contributed by atoms with Crippen molar-refractivity contribution in [2.24, 2.45) is 5.92 Å². The molecular formula is C14H25NO3. The zero-order valence-electron chi connectivity index (χ0n) is 11.1. The van der Waals surface area contributed by atoms with Gasteiger partial charge in [0.15, 0.2) is 0 Å². The molecule has 104 valence electrons. The minimum Gasteiger partial charge on any atom is -0.394 e. The Hall–Kier alpha value is -0.610. The second-order valence-electron chi connectivity index (χ2n) is 5.81. The number of carbonyl (C=O) groups is 1. The summed E-state index contributed by atoms with van der Waals surface area (Å²) in [5.41, 5.74) is -0.427. The smallest absolute Gasteiger partial charge is 0.220 e. The SMILES string of the molecule is O=C(CC1CCCCC1)NC1(CO)CCOCC1. The van der Waals surface area contributed by atoms with Crippen LogP contribution in [0, 0.1) is 5.92 Å². The molecule has 0 aromatic heterocycles. The van der Waals surface area contributed by atoms with Crippen LogP contribution in [0.4, 0.5) is 0 Å². The van der Waals surface area contributed by atoms with E-state index < -0.39 is 5.54 Å². The number of hydrogen-bond acceptors (Lipinski definition) is 3. The van der Waals surface area contributed by atoms with E-state index in [-0.39, 0.29) is 12.5 Å². The van der Waals surface area contributed by atoms with Crippen molar-refractivity contribution < 1.29 is 14.6 Å². The molecule has 0 spiro atoms. The average molecular weight is 255 g/mol. The fraction of sp³-hybridized carbons (Fsp3) is 0.929. The maximum atomic E-state index is 12.1. The molecule has 0 aromatic rings. The lowest BCUT2D eigenvalue weighted by molar-refractivity contribution is -0.126. The van der Waals surface area contributed by atoms with Crippen molar-refractivity contribution in [2.45, 2.75) is 56.9 Å². The molecule has 1 heterocycles. The van der Waals surface area contributed by atoms with Gasteiger partial charge in [-0.1, -0.05) is 19.3 Å². The minimum atomic E-state index is -0.427. The van der Waals surface area contributed by atoms with Crippen molar-refractivity contribution in [2.75, 3.05) is 19.8 Å². The first-order valence-electron chi connectivity index (χ1n) is 7.24. The number of nitrogens with one attached hydrogen (secondary N) is 1. The fourth-order valence-electron chi connectivity index (χ4n) is 3.09. The Bertz CT molecular complexity index is 268. The normalized spacial score (nSPS) is 24.7. The maximum Gasteiger partial charge on any atom is 0.220 e. The molecule has 0 bridgehead atoms. The highest BCUT2D eigenvalue weighted by Crippen LogP contribution is 2.27. The molecule has 1 saturated carbocycles. The van der Waals surface area contributed by atoms with Gasteiger partial charge in [-0.15, -0.1) is 0 Å². The standard InChI is InChI=1S/C14H25NO3/c16-11-14(6-8-18-9-7-14)15-13(17)10-12-4-2-1-3-5-12/h12,16H,1-11H2,(H,15,17). The van der Waals surface area contributed by atoms with Gasteiger partial charge in [0.25, 0.3) is 0 Å². The van der Waals surface area contributed by atoms with Gasteiger partial charge in [-0.2, -0.15) is 0 Å². The summed E-state index contributed by atoms with van der Waals surface area (Å²) in [6.07, 6.45) is 8.28. The van der Waals surface area contributed by atoms with Gasteiger partial charge in [0.1, 0.15) is 0 Å². The van der Waals surface area contributed by atoms with Crippen LogP contribution < -0.4 is 5.32 Å². The van der Waals surface area contributed by atoms with Crippen LogP contribution in [0.5, 0.6) is 0 Å². The van der Waals surface area contributed by atoms with Crippen LogP contribution in [0.3, 0.4) is 0 Å². The molecule has 2 fully saturated rings. The van der Waals surface area contributed by atoms with Gasteiger partial charge in [0, 0.05) is 19.6 Å². The van der Waals surface area contributed by atoms with E-state index in [4.69, 9.17) is 4.74 Å².